The molecule has 0 aromatic rings. The standard InChI is InChI=1S/C16H27N3O4/c1-11(2)10-12(16(17)23)18-13(20)6-4-3-5-9-19-14(21)7-8-15(19)22/h11-12H,3-10H2,1-2H3,(H2,17,23)(H,18,20)/t12-/m1/s1. The van der Waals surface area contributed by atoms with E-state index in [0.717, 1.165) is 6.42 Å². The Kier molecular flexibility index (Phi) is 7.71. The normalized spacial score (nSPS) is 16.0. The van der Waals surface area contributed by atoms with E-state index in [4.69, 9.17) is 5.73 Å². The number of carbonyl (C=O) groups excluding carboxylic acids is 4. The van der Waals surface area contributed by atoms with E-state index in [9.17, 15) is 19.2 Å². The minimum Gasteiger partial charge on any atom is -0.368 e. The van der Waals surface area contributed by atoms with Crippen molar-refractivity contribution in [1.82, 2.24) is 10.2 Å². The molecule has 1 aliphatic heterocycles. The molecule has 1 saturated heterocycles. The van der Waals surface area contributed by atoms with Crippen LogP contribution in [0, 0.1) is 5.92 Å². The zero-order valence-electron chi connectivity index (χ0n) is 14.0. The third-order valence-corrected chi connectivity index (χ3v) is 3.83. The number of likely N-dealkylation sites (tertiary alicyclic amines) is 1. The summed E-state index contributed by atoms with van der Waals surface area (Å²) in [6.07, 6.45) is 3.54. The number of imide groups is 1. The molecule has 3 N–H and O–H groups in total. The van der Waals surface area contributed by atoms with Crippen LogP contribution in [0.3, 0.4) is 0 Å². The Balaban J connectivity index is 2.19. The Morgan fingerprint density at radius 2 is 1.74 bits per heavy atom. The maximum Gasteiger partial charge on any atom is 0.240 e. The molecule has 1 aliphatic rings. The van der Waals surface area contributed by atoms with Crippen LogP contribution in [-0.4, -0.2) is 41.1 Å². The molecule has 0 aliphatic carbocycles. The fourth-order valence-corrected chi connectivity index (χ4v) is 2.59. The number of unbranched alkanes of at least 4 members (excludes halogenated alkanes) is 2. The van der Waals surface area contributed by atoms with Crippen LogP contribution in [-0.2, 0) is 19.2 Å². The Bertz CT molecular complexity index is 446. The topological polar surface area (TPSA) is 110 Å². The average molecular weight is 325 g/mol. The molecule has 1 atom stereocenters. The average Bonchev–Trinajstić information content (AvgIpc) is 2.77. The summed E-state index contributed by atoms with van der Waals surface area (Å²) in [7, 11) is 0. The van der Waals surface area contributed by atoms with Crippen molar-refractivity contribution >= 4 is 23.6 Å². The van der Waals surface area contributed by atoms with Gasteiger partial charge in [0, 0.05) is 25.8 Å². The first-order valence-corrected chi connectivity index (χ1v) is 8.23. The summed E-state index contributed by atoms with van der Waals surface area (Å²) in [5.74, 6) is -0.652. The minimum atomic E-state index is -0.623. The molecular weight excluding hydrogens is 298 g/mol. The SMILES string of the molecule is CC(C)C[C@@H](NC(=O)CCCCCN1C(=O)CCC1=O)C(N)=O. The predicted molar refractivity (Wildman–Crippen MR) is 85.0 cm³/mol. The molecule has 0 unspecified atom stereocenters. The van der Waals surface area contributed by atoms with Gasteiger partial charge in [0.15, 0.2) is 0 Å². The first-order valence-electron chi connectivity index (χ1n) is 8.23. The molecule has 130 valence electrons. The second-order valence-electron chi connectivity index (χ2n) is 6.40. The molecule has 0 spiro atoms. The number of primary amides is 1. The molecule has 1 heterocycles. The van der Waals surface area contributed by atoms with Gasteiger partial charge in [0.25, 0.3) is 0 Å². The summed E-state index contributed by atoms with van der Waals surface area (Å²) < 4.78 is 0. The fraction of sp³-hybridized carbons (Fsp3) is 0.750. The molecular formula is C16H27N3O4. The smallest absolute Gasteiger partial charge is 0.240 e. The van der Waals surface area contributed by atoms with Crippen molar-refractivity contribution < 1.29 is 19.2 Å². The van der Waals surface area contributed by atoms with Gasteiger partial charge in [-0.05, 0) is 25.2 Å². The highest BCUT2D eigenvalue weighted by Gasteiger charge is 2.27. The lowest BCUT2D eigenvalue weighted by molar-refractivity contribution is -0.138. The third-order valence-electron chi connectivity index (χ3n) is 3.83. The van der Waals surface area contributed by atoms with Crippen molar-refractivity contribution in [3.05, 3.63) is 0 Å². The van der Waals surface area contributed by atoms with E-state index in [1.807, 2.05) is 13.8 Å². The maximum atomic E-state index is 11.8. The summed E-state index contributed by atoms with van der Waals surface area (Å²) >= 11 is 0. The Hall–Kier alpha value is -1.92. The van der Waals surface area contributed by atoms with Crippen LogP contribution in [0.1, 0.15) is 58.8 Å². The molecule has 23 heavy (non-hydrogen) atoms. The predicted octanol–water partition coefficient (Wildman–Crippen LogP) is 0.712. The summed E-state index contributed by atoms with van der Waals surface area (Å²) in [5.41, 5.74) is 5.28. The molecule has 7 heteroatoms. The zero-order chi connectivity index (χ0) is 17.4. The maximum absolute atomic E-state index is 11.8. The lowest BCUT2D eigenvalue weighted by Gasteiger charge is -2.17. The van der Waals surface area contributed by atoms with Gasteiger partial charge in [0.05, 0.1) is 0 Å². The van der Waals surface area contributed by atoms with E-state index in [-0.39, 0.29) is 23.6 Å². The van der Waals surface area contributed by atoms with Gasteiger partial charge in [-0.15, -0.1) is 0 Å². The minimum absolute atomic E-state index is 0.106. The number of hydrogen-bond donors (Lipinski definition) is 2. The number of nitrogens with zero attached hydrogens (tertiary/aromatic N) is 1. The molecule has 0 bridgehead atoms. The Morgan fingerprint density at radius 3 is 2.26 bits per heavy atom. The summed E-state index contributed by atoms with van der Waals surface area (Å²) in [6, 6.07) is -0.623. The number of nitrogens with one attached hydrogen (secondary N) is 1. The summed E-state index contributed by atoms with van der Waals surface area (Å²) in [5, 5.41) is 2.66. The van der Waals surface area contributed by atoms with Crippen LogP contribution in [0.25, 0.3) is 0 Å². The van der Waals surface area contributed by atoms with Gasteiger partial charge in [0.1, 0.15) is 6.04 Å². The van der Waals surface area contributed by atoms with Gasteiger partial charge >= 0.3 is 0 Å². The van der Waals surface area contributed by atoms with Crippen LogP contribution in [0.4, 0.5) is 0 Å². The largest absolute Gasteiger partial charge is 0.368 e. The van der Waals surface area contributed by atoms with Crippen LogP contribution in [0.2, 0.25) is 0 Å². The summed E-state index contributed by atoms with van der Waals surface area (Å²) in [6.45, 7) is 4.35. The van der Waals surface area contributed by atoms with E-state index in [0.29, 0.717) is 45.1 Å². The second-order valence-corrected chi connectivity index (χ2v) is 6.40. The van der Waals surface area contributed by atoms with E-state index >= 15 is 0 Å². The lowest BCUT2D eigenvalue weighted by Crippen LogP contribution is -2.45. The molecule has 0 saturated carbocycles. The van der Waals surface area contributed by atoms with Crippen molar-refractivity contribution in [1.29, 1.82) is 0 Å². The van der Waals surface area contributed by atoms with Gasteiger partial charge in [0.2, 0.25) is 23.6 Å². The van der Waals surface area contributed by atoms with Gasteiger partial charge in [-0.1, -0.05) is 20.3 Å². The van der Waals surface area contributed by atoms with Crippen LogP contribution in [0.15, 0.2) is 0 Å². The van der Waals surface area contributed by atoms with Crippen LogP contribution < -0.4 is 11.1 Å². The highest BCUT2D eigenvalue weighted by molar-refractivity contribution is 6.01. The van der Waals surface area contributed by atoms with E-state index < -0.39 is 11.9 Å². The van der Waals surface area contributed by atoms with Gasteiger partial charge < -0.3 is 11.1 Å². The number of amides is 4. The van der Waals surface area contributed by atoms with E-state index in [1.54, 1.807) is 0 Å². The molecule has 1 fully saturated rings. The Morgan fingerprint density at radius 1 is 1.13 bits per heavy atom. The molecule has 0 radical (unpaired) electrons. The third kappa shape index (κ3) is 6.80. The van der Waals surface area contributed by atoms with Crippen LogP contribution in [0.5, 0.6) is 0 Å². The second kappa shape index (κ2) is 9.27. The Labute approximate surface area is 137 Å². The molecule has 7 nitrogen and oxygen atoms in total. The van der Waals surface area contributed by atoms with E-state index in [1.165, 1.54) is 4.90 Å². The quantitative estimate of drug-likeness (QED) is 0.455. The molecule has 0 aromatic carbocycles. The van der Waals surface area contributed by atoms with Crippen molar-refractivity contribution in [2.45, 2.75) is 64.8 Å². The van der Waals surface area contributed by atoms with Crippen LogP contribution >= 0.6 is 0 Å². The van der Waals surface area contributed by atoms with Gasteiger partial charge in [-0.25, -0.2) is 0 Å². The zero-order valence-corrected chi connectivity index (χ0v) is 14.0. The molecule has 4 amide bonds. The van der Waals surface area contributed by atoms with Gasteiger partial charge in [-0.3, -0.25) is 24.1 Å². The van der Waals surface area contributed by atoms with E-state index in [2.05, 4.69) is 5.32 Å². The van der Waals surface area contributed by atoms with Crippen molar-refractivity contribution in [2.24, 2.45) is 11.7 Å². The number of nitrogens with two attached hydrogens (primary N) is 1. The highest BCUT2D eigenvalue weighted by Crippen LogP contribution is 2.13. The van der Waals surface area contributed by atoms with Crippen molar-refractivity contribution in [3.63, 3.8) is 0 Å². The van der Waals surface area contributed by atoms with Gasteiger partial charge in [-0.2, -0.15) is 0 Å². The lowest BCUT2D eigenvalue weighted by atomic mass is 10.0. The number of hydrogen-bond acceptors (Lipinski definition) is 4. The highest BCUT2D eigenvalue weighted by atomic mass is 16.2. The first-order chi connectivity index (χ1) is 10.8. The summed E-state index contributed by atoms with van der Waals surface area (Å²) in [4.78, 5) is 47.3. The number of carbonyl (C=O) groups is 4. The van der Waals surface area contributed by atoms with Crippen molar-refractivity contribution in [3.8, 4) is 0 Å². The monoisotopic (exact) mass is 325 g/mol. The first kappa shape index (κ1) is 19.1. The van der Waals surface area contributed by atoms with Crippen molar-refractivity contribution in [2.75, 3.05) is 6.54 Å². The number of rotatable bonds is 10. The molecule has 0 aromatic heterocycles. The fourth-order valence-electron chi connectivity index (χ4n) is 2.59. The molecule has 1 rings (SSSR count).